The van der Waals surface area contributed by atoms with Gasteiger partial charge in [-0.3, -0.25) is 9.59 Å². The third-order valence-corrected chi connectivity index (χ3v) is 6.63. The van der Waals surface area contributed by atoms with E-state index in [0.29, 0.717) is 32.5 Å². The maximum absolute atomic E-state index is 14.2. The predicted molar refractivity (Wildman–Crippen MR) is 126 cm³/mol. The molecular formula is C27H31FN2O3. The van der Waals surface area contributed by atoms with E-state index in [1.165, 1.54) is 12.1 Å². The van der Waals surface area contributed by atoms with E-state index in [2.05, 4.69) is 29.8 Å². The zero-order valence-corrected chi connectivity index (χ0v) is 19.3. The molecule has 4 rings (SSSR count). The number of amides is 1. The second-order valence-electron chi connectivity index (χ2n) is 8.61. The normalized spacial score (nSPS) is 15.5. The summed E-state index contributed by atoms with van der Waals surface area (Å²) in [5, 5.41) is 1.09. The molecule has 3 aromatic rings. The number of benzene rings is 2. The van der Waals surface area contributed by atoms with E-state index < -0.39 is 0 Å². The van der Waals surface area contributed by atoms with Crippen LogP contribution in [-0.2, 0) is 20.9 Å². The van der Waals surface area contributed by atoms with E-state index in [1.54, 1.807) is 13.0 Å². The number of rotatable bonds is 7. The minimum atomic E-state index is -0.306. The lowest BCUT2D eigenvalue weighted by Gasteiger charge is -2.32. The largest absolute Gasteiger partial charge is 0.466 e. The molecule has 0 aliphatic carbocycles. The standard InChI is InChI=1S/C27H31FN2O3/c1-3-29-18-24(22-10-5-6-11-25(22)29)23(20-8-7-9-21(28)16-20)17-26(31)30-14-12-19(13-15-30)27(32)33-4-2/h5-11,16,18-19,23H,3-4,12-15,17H2,1-2H3. The van der Waals surface area contributed by atoms with Crippen molar-refractivity contribution in [1.29, 1.82) is 0 Å². The van der Waals surface area contributed by atoms with Crippen LogP contribution in [0.1, 0.15) is 50.2 Å². The van der Waals surface area contributed by atoms with E-state index in [1.807, 2.05) is 23.1 Å². The fourth-order valence-corrected chi connectivity index (χ4v) is 4.87. The van der Waals surface area contributed by atoms with Crippen molar-refractivity contribution in [2.45, 2.75) is 45.6 Å². The Bertz CT molecular complexity index is 1130. The molecule has 1 fully saturated rings. The van der Waals surface area contributed by atoms with Crippen molar-refractivity contribution < 1.29 is 18.7 Å². The lowest BCUT2D eigenvalue weighted by atomic mass is 9.87. The van der Waals surface area contributed by atoms with Gasteiger partial charge in [0.2, 0.25) is 5.91 Å². The van der Waals surface area contributed by atoms with Crippen LogP contribution in [0.25, 0.3) is 10.9 Å². The highest BCUT2D eigenvalue weighted by Crippen LogP contribution is 2.36. The molecule has 0 radical (unpaired) electrons. The Labute approximate surface area is 194 Å². The number of hydrogen-bond donors (Lipinski definition) is 0. The van der Waals surface area contributed by atoms with Crippen LogP contribution in [0.5, 0.6) is 0 Å². The Kier molecular flexibility index (Phi) is 7.11. The number of hydrogen-bond acceptors (Lipinski definition) is 3. The molecule has 6 heteroatoms. The molecule has 5 nitrogen and oxygen atoms in total. The first-order valence-electron chi connectivity index (χ1n) is 11.8. The second kappa shape index (κ2) is 10.2. The molecule has 0 bridgehead atoms. The molecule has 2 aromatic carbocycles. The molecule has 1 saturated heterocycles. The van der Waals surface area contributed by atoms with Gasteiger partial charge in [-0.2, -0.15) is 0 Å². The van der Waals surface area contributed by atoms with Crippen LogP contribution in [-0.4, -0.2) is 41.0 Å². The number of aryl methyl sites for hydroxylation is 1. The summed E-state index contributed by atoms with van der Waals surface area (Å²) in [7, 11) is 0. The number of piperidine rings is 1. The summed E-state index contributed by atoms with van der Waals surface area (Å²) in [4.78, 5) is 27.2. The van der Waals surface area contributed by atoms with E-state index in [4.69, 9.17) is 4.74 Å². The van der Waals surface area contributed by atoms with Crippen LogP contribution >= 0.6 is 0 Å². The van der Waals surface area contributed by atoms with Gasteiger partial charge < -0.3 is 14.2 Å². The molecule has 1 atom stereocenters. The van der Waals surface area contributed by atoms with Gasteiger partial charge in [0.15, 0.2) is 0 Å². The Balaban J connectivity index is 1.60. The van der Waals surface area contributed by atoms with Crippen LogP contribution in [0.4, 0.5) is 4.39 Å². The Hall–Kier alpha value is -3.15. The van der Waals surface area contributed by atoms with Gasteiger partial charge >= 0.3 is 5.97 Å². The quantitative estimate of drug-likeness (QED) is 0.469. The molecular weight excluding hydrogens is 419 g/mol. The number of carbonyl (C=O) groups excluding carboxylic acids is 2. The van der Waals surface area contributed by atoms with Crippen LogP contribution in [0.2, 0.25) is 0 Å². The van der Waals surface area contributed by atoms with Crippen LogP contribution < -0.4 is 0 Å². The van der Waals surface area contributed by atoms with Crippen molar-refractivity contribution in [3.05, 3.63) is 71.7 Å². The first-order chi connectivity index (χ1) is 16.0. The van der Waals surface area contributed by atoms with Crippen molar-refractivity contribution in [2.75, 3.05) is 19.7 Å². The van der Waals surface area contributed by atoms with Gasteiger partial charge in [-0.1, -0.05) is 30.3 Å². The van der Waals surface area contributed by atoms with Crippen LogP contribution in [0.3, 0.4) is 0 Å². The minimum Gasteiger partial charge on any atom is -0.466 e. The summed E-state index contributed by atoms with van der Waals surface area (Å²) in [6.45, 7) is 6.15. The number of carbonyl (C=O) groups is 2. The van der Waals surface area contributed by atoms with Gasteiger partial charge in [-0.05, 0) is 56.0 Å². The maximum atomic E-state index is 14.2. The number of halogens is 1. The SMILES string of the molecule is CCOC(=O)C1CCN(C(=O)CC(c2cccc(F)c2)c2cn(CC)c3ccccc23)CC1. The van der Waals surface area contributed by atoms with Gasteiger partial charge in [-0.25, -0.2) is 4.39 Å². The topological polar surface area (TPSA) is 51.5 Å². The predicted octanol–water partition coefficient (Wildman–Crippen LogP) is 5.12. The average Bonchev–Trinajstić information content (AvgIpc) is 3.21. The number of ether oxygens (including phenoxy) is 1. The summed E-state index contributed by atoms with van der Waals surface area (Å²) in [5.74, 6) is -0.849. The van der Waals surface area contributed by atoms with Crippen molar-refractivity contribution in [3.63, 3.8) is 0 Å². The second-order valence-corrected chi connectivity index (χ2v) is 8.61. The number of likely N-dealkylation sites (tertiary alicyclic amines) is 1. The monoisotopic (exact) mass is 450 g/mol. The third-order valence-electron chi connectivity index (χ3n) is 6.63. The van der Waals surface area contributed by atoms with Crippen LogP contribution in [0.15, 0.2) is 54.7 Å². The van der Waals surface area contributed by atoms with Gasteiger partial charge in [0.05, 0.1) is 12.5 Å². The zero-order valence-electron chi connectivity index (χ0n) is 19.3. The number of nitrogens with zero attached hydrogens (tertiary/aromatic N) is 2. The van der Waals surface area contributed by atoms with E-state index in [0.717, 1.165) is 28.6 Å². The molecule has 0 N–H and O–H groups in total. The number of fused-ring (bicyclic) bond motifs is 1. The molecule has 1 unspecified atom stereocenters. The molecule has 0 saturated carbocycles. The minimum absolute atomic E-state index is 0.0277. The number of para-hydroxylation sites is 1. The van der Waals surface area contributed by atoms with Crippen molar-refractivity contribution >= 4 is 22.8 Å². The summed E-state index contributed by atoms with van der Waals surface area (Å²) >= 11 is 0. The highest BCUT2D eigenvalue weighted by Gasteiger charge is 2.30. The highest BCUT2D eigenvalue weighted by atomic mass is 19.1. The zero-order chi connectivity index (χ0) is 23.4. The third kappa shape index (κ3) is 4.95. The highest BCUT2D eigenvalue weighted by molar-refractivity contribution is 5.87. The Morgan fingerprint density at radius 2 is 1.85 bits per heavy atom. The van der Waals surface area contributed by atoms with E-state index in [9.17, 15) is 14.0 Å². The summed E-state index contributed by atoms with van der Waals surface area (Å²) in [6.07, 6.45) is 3.58. The molecule has 0 spiro atoms. The first kappa shape index (κ1) is 23.0. The Morgan fingerprint density at radius 1 is 1.09 bits per heavy atom. The molecule has 1 aliphatic heterocycles. The summed E-state index contributed by atoms with van der Waals surface area (Å²) in [6, 6.07) is 14.7. The van der Waals surface area contributed by atoms with Crippen molar-refractivity contribution in [3.8, 4) is 0 Å². The fraction of sp³-hybridized carbons (Fsp3) is 0.407. The fourth-order valence-electron chi connectivity index (χ4n) is 4.87. The molecule has 1 amide bonds. The summed E-state index contributed by atoms with van der Waals surface area (Å²) in [5.41, 5.74) is 2.94. The number of esters is 1. The number of aromatic nitrogens is 1. The summed E-state index contributed by atoms with van der Waals surface area (Å²) < 4.78 is 21.5. The van der Waals surface area contributed by atoms with E-state index in [-0.39, 0.29) is 36.0 Å². The van der Waals surface area contributed by atoms with Gasteiger partial charge in [0.1, 0.15) is 5.82 Å². The van der Waals surface area contributed by atoms with Crippen LogP contribution in [0, 0.1) is 11.7 Å². The molecule has 174 valence electrons. The van der Waals surface area contributed by atoms with Gasteiger partial charge in [0.25, 0.3) is 0 Å². The van der Waals surface area contributed by atoms with E-state index >= 15 is 0 Å². The van der Waals surface area contributed by atoms with Crippen molar-refractivity contribution in [2.24, 2.45) is 5.92 Å². The molecule has 33 heavy (non-hydrogen) atoms. The first-order valence-corrected chi connectivity index (χ1v) is 11.8. The van der Waals surface area contributed by atoms with Crippen molar-refractivity contribution in [1.82, 2.24) is 9.47 Å². The Morgan fingerprint density at radius 3 is 2.55 bits per heavy atom. The van der Waals surface area contributed by atoms with Gasteiger partial charge in [0, 0.05) is 49.1 Å². The smallest absolute Gasteiger partial charge is 0.309 e. The molecule has 2 heterocycles. The molecule has 1 aromatic heterocycles. The maximum Gasteiger partial charge on any atom is 0.309 e. The molecule has 1 aliphatic rings. The average molecular weight is 451 g/mol. The van der Waals surface area contributed by atoms with Gasteiger partial charge in [-0.15, -0.1) is 0 Å². The lowest BCUT2D eigenvalue weighted by molar-refractivity contribution is -0.151. The lowest BCUT2D eigenvalue weighted by Crippen LogP contribution is -2.41.